The third-order valence-electron chi connectivity index (χ3n) is 4.40. The van der Waals surface area contributed by atoms with Crippen LogP contribution in [-0.2, 0) is 9.47 Å². The van der Waals surface area contributed by atoms with Gasteiger partial charge in [0.15, 0.2) is 5.96 Å². The third-order valence-corrected chi connectivity index (χ3v) is 5.37. The summed E-state index contributed by atoms with van der Waals surface area (Å²) in [5, 5.41) is 8.85. The summed E-state index contributed by atoms with van der Waals surface area (Å²) in [6.45, 7) is 7.88. The summed E-state index contributed by atoms with van der Waals surface area (Å²) in [5.41, 5.74) is 0. The van der Waals surface area contributed by atoms with Crippen LogP contribution >= 0.6 is 11.3 Å². The van der Waals surface area contributed by atoms with Crippen LogP contribution in [-0.4, -0.2) is 71.0 Å². The Bertz CT molecular complexity index is 502. The standard InChI is InChI=1S/C19H34N4O2S/c1-4-20-19(21-9-6-10-24-14-16-8-11-25-15-16)22-13-17(23(2)3)18-7-5-12-26-18/h5,7,12,16-17H,4,6,8-11,13-15H2,1-3H3,(H2,20,21,22). The lowest BCUT2D eigenvalue weighted by atomic mass is 10.1. The van der Waals surface area contributed by atoms with Crippen molar-refractivity contribution in [1.82, 2.24) is 15.5 Å². The van der Waals surface area contributed by atoms with E-state index < -0.39 is 0 Å². The smallest absolute Gasteiger partial charge is 0.191 e. The molecule has 7 heteroatoms. The van der Waals surface area contributed by atoms with Crippen LogP contribution in [0.1, 0.15) is 30.7 Å². The molecule has 1 aliphatic heterocycles. The van der Waals surface area contributed by atoms with Crippen LogP contribution in [0, 0.1) is 5.92 Å². The third kappa shape index (κ3) is 7.61. The van der Waals surface area contributed by atoms with Crippen molar-refractivity contribution >= 4 is 17.3 Å². The molecule has 0 aromatic carbocycles. The fourth-order valence-electron chi connectivity index (χ4n) is 2.85. The highest BCUT2D eigenvalue weighted by atomic mass is 32.1. The summed E-state index contributed by atoms with van der Waals surface area (Å²) in [4.78, 5) is 8.34. The van der Waals surface area contributed by atoms with Crippen molar-refractivity contribution in [3.8, 4) is 0 Å². The predicted octanol–water partition coefficient (Wildman–Crippen LogP) is 2.35. The zero-order valence-corrected chi connectivity index (χ0v) is 17.2. The number of likely N-dealkylation sites (N-methyl/N-ethyl adjacent to an activating group) is 1. The predicted molar refractivity (Wildman–Crippen MR) is 109 cm³/mol. The number of aliphatic imine (C=N–C) groups is 1. The van der Waals surface area contributed by atoms with Crippen molar-refractivity contribution in [2.45, 2.75) is 25.8 Å². The minimum absolute atomic E-state index is 0.308. The maximum absolute atomic E-state index is 5.75. The largest absolute Gasteiger partial charge is 0.381 e. The summed E-state index contributed by atoms with van der Waals surface area (Å²) in [7, 11) is 4.21. The molecule has 2 N–H and O–H groups in total. The highest BCUT2D eigenvalue weighted by Gasteiger charge is 2.16. The van der Waals surface area contributed by atoms with Gasteiger partial charge in [0, 0.05) is 37.1 Å². The van der Waals surface area contributed by atoms with Crippen molar-refractivity contribution in [1.29, 1.82) is 0 Å². The van der Waals surface area contributed by atoms with E-state index >= 15 is 0 Å². The van der Waals surface area contributed by atoms with Gasteiger partial charge in [0.25, 0.3) is 0 Å². The summed E-state index contributed by atoms with van der Waals surface area (Å²) >= 11 is 1.78. The fraction of sp³-hybridized carbons (Fsp3) is 0.737. The second-order valence-electron chi connectivity index (χ2n) is 6.80. The number of nitrogens with zero attached hydrogens (tertiary/aromatic N) is 2. The van der Waals surface area contributed by atoms with Gasteiger partial charge in [-0.05, 0) is 45.3 Å². The molecular formula is C19H34N4O2S. The lowest BCUT2D eigenvalue weighted by molar-refractivity contribution is 0.0888. The van der Waals surface area contributed by atoms with Crippen molar-refractivity contribution in [3.05, 3.63) is 22.4 Å². The minimum Gasteiger partial charge on any atom is -0.381 e. The molecule has 0 spiro atoms. The minimum atomic E-state index is 0.308. The zero-order chi connectivity index (χ0) is 18.6. The fourth-order valence-corrected chi connectivity index (χ4v) is 3.77. The Morgan fingerprint density at radius 3 is 3.00 bits per heavy atom. The monoisotopic (exact) mass is 382 g/mol. The van der Waals surface area contributed by atoms with E-state index in [9.17, 15) is 0 Å². The van der Waals surface area contributed by atoms with E-state index in [0.29, 0.717) is 12.0 Å². The number of hydrogen-bond donors (Lipinski definition) is 2. The Labute approximate surface area is 162 Å². The van der Waals surface area contributed by atoms with Crippen molar-refractivity contribution < 1.29 is 9.47 Å². The number of guanidine groups is 1. The first-order valence-electron chi connectivity index (χ1n) is 9.58. The zero-order valence-electron chi connectivity index (χ0n) is 16.4. The molecule has 0 radical (unpaired) electrons. The molecule has 6 nitrogen and oxygen atoms in total. The molecule has 1 aromatic rings. The first kappa shape index (κ1) is 21.2. The quantitative estimate of drug-likeness (QED) is 0.350. The first-order chi connectivity index (χ1) is 12.7. The van der Waals surface area contributed by atoms with E-state index in [1.165, 1.54) is 4.88 Å². The molecule has 0 amide bonds. The Morgan fingerprint density at radius 2 is 2.35 bits per heavy atom. The number of hydrogen-bond acceptors (Lipinski definition) is 5. The average Bonchev–Trinajstić information content (AvgIpc) is 3.31. The maximum atomic E-state index is 5.75. The molecule has 2 atom stereocenters. The molecule has 26 heavy (non-hydrogen) atoms. The van der Waals surface area contributed by atoms with Crippen molar-refractivity contribution in [2.75, 3.05) is 60.2 Å². The van der Waals surface area contributed by atoms with Gasteiger partial charge in [0.05, 0.1) is 25.8 Å². The number of ether oxygens (including phenoxy) is 2. The van der Waals surface area contributed by atoms with E-state index in [2.05, 4.69) is 54.1 Å². The van der Waals surface area contributed by atoms with Crippen LogP contribution in [0.2, 0.25) is 0 Å². The van der Waals surface area contributed by atoms with E-state index in [1.807, 2.05) is 0 Å². The molecule has 1 aromatic heterocycles. The van der Waals surface area contributed by atoms with Crippen LogP contribution in [0.4, 0.5) is 0 Å². The lowest BCUT2D eigenvalue weighted by Gasteiger charge is -2.22. The van der Waals surface area contributed by atoms with Crippen LogP contribution in [0.3, 0.4) is 0 Å². The number of thiophene rings is 1. The van der Waals surface area contributed by atoms with Gasteiger partial charge in [-0.15, -0.1) is 11.3 Å². The molecule has 2 rings (SSSR count). The average molecular weight is 383 g/mol. The molecule has 0 bridgehead atoms. The van der Waals surface area contributed by atoms with Gasteiger partial charge >= 0.3 is 0 Å². The van der Waals surface area contributed by atoms with E-state index in [1.54, 1.807) is 11.3 Å². The summed E-state index contributed by atoms with van der Waals surface area (Å²) in [5.74, 6) is 1.46. The van der Waals surface area contributed by atoms with Gasteiger partial charge in [-0.3, -0.25) is 4.99 Å². The van der Waals surface area contributed by atoms with Crippen LogP contribution < -0.4 is 10.6 Å². The van der Waals surface area contributed by atoms with Gasteiger partial charge < -0.3 is 25.0 Å². The molecule has 1 fully saturated rings. The van der Waals surface area contributed by atoms with Gasteiger partial charge in [-0.1, -0.05) is 6.07 Å². The number of nitrogens with one attached hydrogen (secondary N) is 2. The van der Waals surface area contributed by atoms with E-state index in [-0.39, 0.29) is 0 Å². The van der Waals surface area contributed by atoms with E-state index in [0.717, 1.165) is 64.9 Å². The Morgan fingerprint density at radius 1 is 1.46 bits per heavy atom. The van der Waals surface area contributed by atoms with Gasteiger partial charge in [0.2, 0.25) is 0 Å². The molecule has 148 valence electrons. The summed E-state index contributed by atoms with van der Waals surface area (Å²) in [6, 6.07) is 4.58. The van der Waals surface area contributed by atoms with Crippen molar-refractivity contribution in [3.63, 3.8) is 0 Å². The Hall–Kier alpha value is -1.15. The second kappa shape index (κ2) is 12.3. The first-order valence-corrected chi connectivity index (χ1v) is 10.5. The van der Waals surface area contributed by atoms with Crippen molar-refractivity contribution in [2.24, 2.45) is 10.9 Å². The normalized spacial score (nSPS) is 19.1. The van der Waals surface area contributed by atoms with Crippen LogP contribution in [0.25, 0.3) is 0 Å². The van der Waals surface area contributed by atoms with Gasteiger partial charge in [-0.2, -0.15) is 0 Å². The van der Waals surface area contributed by atoms with Gasteiger partial charge in [0.1, 0.15) is 0 Å². The Balaban J connectivity index is 1.69. The maximum Gasteiger partial charge on any atom is 0.191 e. The molecule has 1 saturated heterocycles. The highest BCUT2D eigenvalue weighted by Crippen LogP contribution is 2.23. The molecule has 2 unspecified atom stereocenters. The highest BCUT2D eigenvalue weighted by molar-refractivity contribution is 7.10. The topological polar surface area (TPSA) is 58.1 Å². The molecule has 0 aliphatic carbocycles. The molecule has 2 heterocycles. The lowest BCUT2D eigenvalue weighted by Crippen LogP contribution is -2.38. The Kier molecular flexibility index (Phi) is 9.99. The summed E-state index contributed by atoms with van der Waals surface area (Å²) in [6.07, 6.45) is 2.10. The summed E-state index contributed by atoms with van der Waals surface area (Å²) < 4.78 is 11.1. The van der Waals surface area contributed by atoms with Gasteiger partial charge in [-0.25, -0.2) is 0 Å². The second-order valence-corrected chi connectivity index (χ2v) is 7.78. The molecular weight excluding hydrogens is 348 g/mol. The molecule has 0 saturated carbocycles. The van der Waals surface area contributed by atoms with Crippen LogP contribution in [0.15, 0.2) is 22.5 Å². The number of rotatable bonds is 11. The van der Waals surface area contributed by atoms with Crippen LogP contribution in [0.5, 0.6) is 0 Å². The SMILES string of the molecule is CCNC(=NCC(c1cccs1)N(C)C)NCCCOCC1CCOC1. The van der Waals surface area contributed by atoms with E-state index in [4.69, 9.17) is 14.5 Å². The molecule has 1 aliphatic rings.